The van der Waals surface area contributed by atoms with E-state index in [-0.39, 0.29) is 60.8 Å². The number of nitrogen functional groups attached to an aromatic ring is 2. The number of azo groups is 1. The number of carboxylic acids is 1. The lowest BCUT2D eigenvalue weighted by molar-refractivity contribution is -0.603. The van der Waals surface area contributed by atoms with Crippen molar-refractivity contribution in [3.05, 3.63) is 60.4 Å². The lowest BCUT2D eigenvalue weighted by Crippen LogP contribution is -2.34. The molecule has 27 heteroatoms. The van der Waals surface area contributed by atoms with Crippen molar-refractivity contribution < 1.29 is 69.3 Å². The Morgan fingerprint density at radius 1 is 0.940 bits per heavy atom. The minimum absolute atomic E-state index is 0.0456. The molecule has 0 bridgehead atoms. The van der Waals surface area contributed by atoms with Crippen LogP contribution in [0.1, 0.15) is 10.4 Å². The Morgan fingerprint density at radius 2 is 1.64 bits per heavy atom. The summed E-state index contributed by atoms with van der Waals surface area (Å²) in [4.78, 5) is 23.6. The number of sulfone groups is 1. The van der Waals surface area contributed by atoms with Crippen molar-refractivity contribution in [2.24, 2.45) is 10.2 Å². The van der Waals surface area contributed by atoms with Crippen LogP contribution in [0.25, 0.3) is 5.95 Å². The molecule has 2 heterocycles. The van der Waals surface area contributed by atoms with Crippen LogP contribution in [-0.4, -0.2) is 70.3 Å². The minimum Gasteiger partial charge on any atom is -0.478 e. The number of hydrogen-bond acceptors (Lipinski definition) is 22. The number of benzene rings is 2. The van der Waals surface area contributed by atoms with Crippen molar-refractivity contribution in [1.29, 1.82) is 0 Å². The molecule has 0 unspecified atom stereocenters. The topological polar surface area (TPSA) is 344 Å². The first-order valence-electron chi connectivity index (χ1n) is 12.9. The molecule has 0 atom stereocenters. The first-order chi connectivity index (χ1) is 23.7. The highest BCUT2D eigenvalue weighted by molar-refractivity contribution is 7.95. The summed E-state index contributed by atoms with van der Waals surface area (Å²) in [5, 5.41) is 44.9. The first kappa shape index (κ1) is 38.2. The largest absolute Gasteiger partial charge is 0.478 e. The summed E-state index contributed by atoms with van der Waals surface area (Å²) in [5.74, 6) is -2.58. The van der Waals surface area contributed by atoms with Crippen LogP contribution in [0.2, 0.25) is 0 Å². The Bertz CT molecular complexity index is 2130. The number of pyridine rings is 1. The Labute approximate surface area is 288 Å². The summed E-state index contributed by atoms with van der Waals surface area (Å²) < 4.78 is 70.4. The van der Waals surface area contributed by atoms with Crippen molar-refractivity contribution in [2.45, 2.75) is 14.7 Å². The molecule has 2 aromatic carbocycles. The van der Waals surface area contributed by atoms with E-state index < -0.39 is 38.6 Å². The van der Waals surface area contributed by atoms with Crippen LogP contribution < -0.4 is 21.4 Å². The third-order valence-electron chi connectivity index (χ3n) is 5.74. The molecule has 0 amide bonds. The highest BCUT2D eigenvalue weighted by Crippen LogP contribution is 2.39. The Morgan fingerprint density at radius 3 is 2.32 bits per heavy atom. The number of carbonyl (C=O) groups is 1. The molecular weight excluding hydrogens is 755 g/mol. The number of rotatable bonds is 17. The van der Waals surface area contributed by atoms with Gasteiger partial charge in [0.25, 0.3) is 0 Å². The summed E-state index contributed by atoms with van der Waals surface area (Å²) in [6.45, 7) is -0.899. The molecule has 0 aliphatic rings. The van der Waals surface area contributed by atoms with Crippen molar-refractivity contribution in [3.8, 4) is 5.95 Å². The summed E-state index contributed by atoms with van der Waals surface area (Å²) >= 11 is 0.882. The van der Waals surface area contributed by atoms with Crippen LogP contribution in [-0.2, 0) is 43.2 Å². The van der Waals surface area contributed by atoms with Gasteiger partial charge in [-0.05, 0) is 52.4 Å². The second-order valence-electron chi connectivity index (χ2n) is 9.00. The third-order valence-corrected chi connectivity index (χ3v) is 9.20. The van der Waals surface area contributed by atoms with Crippen LogP contribution >= 0.6 is 24.1 Å². The normalized spacial score (nSPS) is 12.0. The molecule has 0 fully saturated rings. The highest BCUT2D eigenvalue weighted by atomic mass is 32.3. The first-order valence-corrected chi connectivity index (χ1v) is 17.4. The predicted molar refractivity (Wildman–Crippen MR) is 168 cm³/mol. The maximum absolute atomic E-state index is 12.9. The van der Waals surface area contributed by atoms with Gasteiger partial charge in [0.1, 0.15) is 11.4 Å². The van der Waals surface area contributed by atoms with Crippen LogP contribution in [0.15, 0.2) is 79.8 Å². The fourth-order valence-electron chi connectivity index (χ4n) is 3.66. The Balaban J connectivity index is 1.76. The molecule has 50 heavy (non-hydrogen) atoms. The van der Waals surface area contributed by atoms with Crippen LogP contribution in [0.5, 0.6) is 0 Å². The van der Waals surface area contributed by atoms with E-state index in [1.165, 1.54) is 47.3 Å². The number of nitrogens with two attached hydrogens (primary N) is 2. The van der Waals surface area contributed by atoms with Gasteiger partial charge in [-0.25, -0.2) is 32.5 Å². The number of hydrogen-bond donors (Lipinski definition) is 7. The van der Waals surface area contributed by atoms with E-state index in [0.717, 1.165) is 12.1 Å². The van der Waals surface area contributed by atoms with Crippen molar-refractivity contribution >= 4 is 84.9 Å². The number of carboxylic acid groups (broad SMARTS) is 1. The molecule has 23 nitrogen and oxygen atoms in total. The van der Waals surface area contributed by atoms with Gasteiger partial charge in [0.05, 0.1) is 74.8 Å². The van der Waals surface area contributed by atoms with Crippen molar-refractivity contribution in [1.82, 2.24) is 15.0 Å². The average Bonchev–Trinajstić information content (AvgIpc) is 3.05. The zero-order valence-electron chi connectivity index (χ0n) is 24.5. The van der Waals surface area contributed by atoms with E-state index in [2.05, 4.69) is 53.4 Å². The number of aromatic carboxylic acids is 1. The minimum atomic E-state index is -4.90. The fourth-order valence-corrected chi connectivity index (χ4v) is 5.99. The third kappa shape index (κ3) is 10.7. The van der Waals surface area contributed by atoms with E-state index in [9.17, 15) is 26.7 Å². The van der Waals surface area contributed by atoms with E-state index >= 15 is 0 Å². The molecule has 9 N–H and O–H groups in total. The lowest BCUT2D eigenvalue weighted by Gasteiger charge is -2.11. The lowest BCUT2D eigenvalue weighted by atomic mass is 10.2. The summed E-state index contributed by atoms with van der Waals surface area (Å²) in [5.41, 5.74) is 11.8. The van der Waals surface area contributed by atoms with Gasteiger partial charge >= 0.3 is 34.2 Å². The molecule has 0 saturated carbocycles. The van der Waals surface area contributed by atoms with Crippen molar-refractivity contribution in [3.63, 3.8) is 0 Å². The Kier molecular flexibility index (Phi) is 12.9. The highest BCUT2D eigenvalue weighted by Gasteiger charge is 2.21. The second kappa shape index (κ2) is 16.8. The van der Waals surface area contributed by atoms with E-state index in [4.69, 9.17) is 26.5 Å². The van der Waals surface area contributed by atoms with E-state index in [1.54, 1.807) is 0 Å². The number of nitrogens with zero attached hydrogens (tertiary/aromatic N) is 6. The summed E-state index contributed by atoms with van der Waals surface area (Å²) in [6, 6.07) is 8.76. The van der Waals surface area contributed by atoms with Gasteiger partial charge in [0.15, 0.2) is 9.84 Å². The summed E-state index contributed by atoms with van der Waals surface area (Å²) in [7, 11) is -9.12. The molecule has 266 valence electrons. The maximum atomic E-state index is 12.9. The predicted octanol–water partition coefficient (Wildman–Crippen LogP) is 2.62. The molecule has 2 aromatic heterocycles. The maximum Gasteiger partial charge on any atom is 0.444 e. The van der Waals surface area contributed by atoms with Gasteiger partial charge in [-0.3, -0.25) is 4.55 Å². The molecule has 4 rings (SSSR count). The van der Waals surface area contributed by atoms with Crippen LogP contribution in [0, 0.1) is 0 Å². The Hall–Kier alpha value is -4.65. The van der Waals surface area contributed by atoms with Gasteiger partial charge in [-0.2, -0.15) is 8.42 Å². The molecule has 0 radical (unpaired) electrons. The molecule has 0 spiro atoms. The molecule has 4 aromatic rings. The molecule has 0 aliphatic carbocycles. The smallest absolute Gasteiger partial charge is 0.444 e. The number of aromatic nitrogens is 4. The van der Waals surface area contributed by atoms with Crippen LogP contribution in [0.4, 0.5) is 34.6 Å². The molecule has 0 aliphatic heterocycles. The van der Waals surface area contributed by atoms with Crippen molar-refractivity contribution in [2.75, 3.05) is 29.1 Å². The second-order valence-corrected chi connectivity index (χ2v) is 13.7. The van der Waals surface area contributed by atoms with Crippen LogP contribution in [0.3, 0.4) is 0 Å². The molecule has 0 saturated heterocycles. The fraction of sp³-hybridized carbons (Fsp3) is 0.0870. The van der Waals surface area contributed by atoms with E-state index in [1.807, 2.05) is 0 Å². The number of nitrogens with one attached hydrogen (secondary N) is 1. The number of anilines is 4. The summed E-state index contributed by atoms with van der Waals surface area (Å²) in [6.07, 6.45) is 2.71. The van der Waals surface area contributed by atoms with Gasteiger partial charge in [-0.1, -0.05) is 10.1 Å². The van der Waals surface area contributed by atoms with Gasteiger partial charge in [-0.15, -0.1) is 23.9 Å². The zero-order valence-corrected chi connectivity index (χ0v) is 27.7. The average molecular weight is 777 g/mol. The standard InChI is InChI=1S/C23H21N9O14S4/c24-14-9-15(26-22-27-21(25)28-23(29-22)32-5-1-2-12(11-32)20(33)34)16(10-19(14)48-46-44-36)30-31-17-8-13(3-4-18(17)47-45-43-35)49(37,38)7-6-42-50(39,40)41/h1-5,8-11H,6-7,24H2,(H6-,25,26,27,28,29,33,34,35,36,39,40,41)/p+1. The van der Waals surface area contributed by atoms with Gasteiger partial charge in [0.2, 0.25) is 0 Å². The SMILES string of the molecule is Nc1nc(Nc2cc(N)c(SOOO)cc2N=Nc2cc(S(=O)(=O)CCOS(=O)(=O)O)ccc2SOOO)nc(-[n+]2cccc(C(=O)O)c2)n1. The zero-order chi connectivity index (χ0) is 36.5. The molecular formula is C23H22N9O14S4+. The monoisotopic (exact) mass is 776 g/mol. The van der Waals surface area contributed by atoms with Gasteiger partial charge < -0.3 is 21.9 Å². The van der Waals surface area contributed by atoms with E-state index in [0.29, 0.717) is 24.1 Å². The quantitative estimate of drug-likeness (QED) is 0.0154. The van der Waals surface area contributed by atoms with Gasteiger partial charge in [0, 0.05) is 5.69 Å².